The Kier molecular flexibility index (Phi) is 4.82. The smallest absolute Gasteiger partial charge is 0.123 e. The molecule has 0 saturated carbocycles. The topological polar surface area (TPSA) is 24.8 Å². The van der Waals surface area contributed by atoms with Crippen LogP contribution in [-0.2, 0) is 0 Å². The van der Waals surface area contributed by atoms with Gasteiger partial charge in [0, 0.05) is 11.4 Å². The third kappa shape index (κ3) is 3.67. The van der Waals surface area contributed by atoms with Crippen LogP contribution in [0.1, 0.15) is 23.6 Å². The Hall–Kier alpha value is -2.85. The number of nitrogens with zero attached hydrogens (tertiary/aromatic N) is 2. The van der Waals surface area contributed by atoms with Crippen molar-refractivity contribution >= 4 is 23.0 Å². The summed E-state index contributed by atoms with van der Waals surface area (Å²) in [6, 6.07) is 22.1. The number of hydrogen-bond acceptors (Lipinski definition) is 3. The fourth-order valence-corrected chi connectivity index (χ4v) is 3.37. The quantitative estimate of drug-likeness (QED) is 0.567. The molecule has 0 saturated heterocycles. The van der Waals surface area contributed by atoms with E-state index in [4.69, 9.17) is 21.4 Å². The molecule has 5 heteroatoms. The van der Waals surface area contributed by atoms with Gasteiger partial charge in [0.15, 0.2) is 0 Å². The summed E-state index contributed by atoms with van der Waals surface area (Å²) in [5.74, 6) is 0.563. The first-order valence-corrected chi connectivity index (χ1v) is 9.04. The second-order valence-electron chi connectivity index (χ2n) is 6.37. The van der Waals surface area contributed by atoms with Crippen LogP contribution < -0.4 is 9.75 Å². The Morgan fingerprint density at radius 1 is 0.963 bits per heavy atom. The molecule has 1 aliphatic heterocycles. The van der Waals surface area contributed by atoms with E-state index in [1.165, 1.54) is 12.1 Å². The van der Waals surface area contributed by atoms with E-state index in [0.717, 1.165) is 34.7 Å². The number of anilines is 1. The van der Waals surface area contributed by atoms with E-state index in [2.05, 4.69) is 12.1 Å². The third-order valence-electron chi connectivity index (χ3n) is 4.68. The van der Waals surface area contributed by atoms with Crippen LogP contribution in [0.3, 0.4) is 0 Å². The SMILES string of the molecule is COc1ccc([C@@H]2CC(c3ccc(F)cc3)=NN2c2ccc(Cl)cc2)cc1. The molecule has 1 heterocycles. The van der Waals surface area contributed by atoms with Crippen molar-refractivity contribution in [3.05, 3.63) is 94.8 Å². The average Bonchev–Trinajstić information content (AvgIpc) is 3.14. The minimum Gasteiger partial charge on any atom is -0.497 e. The molecular formula is C22H18ClFN2O. The summed E-state index contributed by atoms with van der Waals surface area (Å²) in [6.07, 6.45) is 0.723. The predicted octanol–water partition coefficient (Wildman–Crippen LogP) is 5.84. The lowest BCUT2D eigenvalue weighted by Crippen LogP contribution is -2.18. The minimum absolute atomic E-state index is 0.0390. The number of hydrazone groups is 1. The summed E-state index contributed by atoms with van der Waals surface area (Å²) >= 11 is 6.04. The van der Waals surface area contributed by atoms with E-state index >= 15 is 0 Å². The van der Waals surface area contributed by atoms with Gasteiger partial charge in [0.2, 0.25) is 0 Å². The van der Waals surface area contributed by atoms with Crippen molar-refractivity contribution in [2.24, 2.45) is 5.10 Å². The number of halogens is 2. The first-order valence-electron chi connectivity index (χ1n) is 8.66. The number of hydrogen-bond donors (Lipinski definition) is 0. The Bertz CT molecular complexity index is 953. The predicted molar refractivity (Wildman–Crippen MR) is 107 cm³/mol. The van der Waals surface area contributed by atoms with Crippen LogP contribution in [-0.4, -0.2) is 12.8 Å². The van der Waals surface area contributed by atoms with E-state index < -0.39 is 0 Å². The second-order valence-corrected chi connectivity index (χ2v) is 6.80. The van der Waals surface area contributed by atoms with E-state index in [0.29, 0.717) is 5.02 Å². The van der Waals surface area contributed by atoms with Crippen molar-refractivity contribution < 1.29 is 9.13 Å². The molecule has 0 spiro atoms. The van der Waals surface area contributed by atoms with Gasteiger partial charge in [-0.15, -0.1) is 0 Å². The Balaban J connectivity index is 1.72. The zero-order valence-electron chi connectivity index (χ0n) is 14.8. The highest BCUT2D eigenvalue weighted by molar-refractivity contribution is 6.30. The van der Waals surface area contributed by atoms with Crippen LogP contribution in [0.4, 0.5) is 10.1 Å². The average molecular weight is 381 g/mol. The van der Waals surface area contributed by atoms with Crippen LogP contribution in [0.5, 0.6) is 5.75 Å². The van der Waals surface area contributed by atoms with Gasteiger partial charge in [-0.3, -0.25) is 5.01 Å². The first-order chi connectivity index (χ1) is 13.1. The molecule has 0 aromatic heterocycles. The van der Waals surface area contributed by atoms with Gasteiger partial charge in [0.05, 0.1) is 24.6 Å². The molecule has 1 aliphatic rings. The molecule has 0 bridgehead atoms. The molecule has 3 nitrogen and oxygen atoms in total. The van der Waals surface area contributed by atoms with Crippen molar-refractivity contribution in [1.82, 2.24) is 0 Å². The van der Waals surface area contributed by atoms with Crippen LogP contribution in [0.25, 0.3) is 0 Å². The summed E-state index contributed by atoms with van der Waals surface area (Å²) in [5, 5.41) is 7.52. The third-order valence-corrected chi connectivity index (χ3v) is 4.93. The van der Waals surface area contributed by atoms with Crippen molar-refractivity contribution in [2.45, 2.75) is 12.5 Å². The standard InChI is InChI=1S/C22H18ClFN2O/c1-27-20-12-4-16(5-13-20)22-14-21(15-2-8-18(24)9-3-15)25-26(22)19-10-6-17(23)7-11-19/h2-13,22H,14H2,1H3/t22-/m0/s1. The first kappa shape index (κ1) is 17.6. The summed E-state index contributed by atoms with van der Waals surface area (Å²) in [4.78, 5) is 0. The molecule has 0 N–H and O–H groups in total. The van der Waals surface area contributed by atoms with Gasteiger partial charge >= 0.3 is 0 Å². The van der Waals surface area contributed by atoms with Crippen LogP contribution in [0, 0.1) is 5.82 Å². The molecule has 4 rings (SSSR count). The summed E-state index contributed by atoms with van der Waals surface area (Å²) in [6.45, 7) is 0. The monoisotopic (exact) mass is 380 g/mol. The molecule has 0 fully saturated rings. The second kappa shape index (κ2) is 7.41. The zero-order chi connectivity index (χ0) is 18.8. The van der Waals surface area contributed by atoms with Crippen LogP contribution in [0.2, 0.25) is 5.02 Å². The molecule has 136 valence electrons. The number of benzene rings is 3. The Labute approximate surface area is 162 Å². The lowest BCUT2D eigenvalue weighted by molar-refractivity contribution is 0.414. The number of ether oxygens (including phenoxy) is 1. The minimum atomic E-state index is -0.251. The van der Waals surface area contributed by atoms with Gasteiger partial charge in [-0.05, 0) is 59.7 Å². The van der Waals surface area contributed by atoms with Gasteiger partial charge in [-0.2, -0.15) is 5.10 Å². The highest BCUT2D eigenvalue weighted by Gasteiger charge is 2.30. The van der Waals surface area contributed by atoms with Crippen LogP contribution in [0.15, 0.2) is 77.9 Å². The van der Waals surface area contributed by atoms with Crippen LogP contribution >= 0.6 is 11.6 Å². The van der Waals surface area contributed by atoms with Crippen molar-refractivity contribution in [2.75, 3.05) is 12.1 Å². The van der Waals surface area contributed by atoms with Gasteiger partial charge in [0.1, 0.15) is 11.6 Å². The fourth-order valence-electron chi connectivity index (χ4n) is 3.24. The Morgan fingerprint density at radius 3 is 2.26 bits per heavy atom. The fraction of sp³-hybridized carbons (Fsp3) is 0.136. The lowest BCUT2D eigenvalue weighted by Gasteiger charge is -2.24. The molecule has 3 aromatic carbocycles. The largest absolute Gasteiger partial charge is 0.497 e. The number of methoxy groups -OCH3 is 1. The molecule has 0 radical (unpaired) electrons. The van der Waals surface area contributed by atoms with Gasteiger partial charge < -0.3 is 4.74 Å². The highest BCUT2D eigenvalue weighted by atomic mass is 35.5. The summed E-state index contributed by atoms with van der Waals surface area (Å²) < 4.78 is 18.6. The lowest BCUT2D eigenvalue weighted by atomic mass is 9.98. The van der Waals surface area contributed by atoms with E-state index in [1.807, 2.05) is 41.4 Å². The van der Waals surface area contributed by atoms with Crippen molar-refractivity contribution in [3.8, 4) is 5.75 Å². The highest BCUT2D eigenvalue weighted by Crippen LogP contribution is 2.37. The molecule has 27 heavy (non-hydrogen) atoms. The molecule has 1 atom stereocenters. The Morgan fingerprint density at radius 2 is 1.63 bits per heavy atom. The zero-order valence-corrected chi connectivity index (χ0v) is 15.5. The molecular weight excluding hydrogens is 363 g/mol. The number of rotatable bonds is 4. The van der Waals surface area contributed by atoms with Gasteiger partial charge in [-0.25, -0.2) is 4.39 Å². The summed E-state index contributed by atoms with van der Waals surface area (Å²) in [5.41, 5.74) is 3.93. The maximum atomic E-state index is 13.3. The van der Waals surface area contributed by atoms with Gasteiger partial charge in [0.25, 0.3) is 0 Å². The molecule has 0 unspecified atom stereocenters. The van der Waals surface area contributed by atoms with Crippen molar-refractivity contribution in [1.29, 1.82) is 0 Å². The molecule has 3 aromatic rings. The van der Waals surface area contributed by atoms with E-state index in [1.54, 1.807) is 19.2 Å². The van der Waals surface area contributed by atoms with E-state index in [9.17, 15) is 4.39 Å². The maximum absolute atomic E-state index is 13.3. The van der Waals surface area contributed by atoms with Crippen molar-refractivity contribution in [3.63, 3.8) is 0 Å². The summed E-state index contributed by atoms with van der Waals surface area (Å²) in [7, 11) is 1.65. The van der Waals surface area contributed by atoms with E-state index in [-0.39, 0.29) is 11.9 Å². The molecule has 0 amide bonds. The molecule has 0 aliphatic carbocycles. The normalized spacial score (nSPS) is 16.3. The van der Waals surface area contributed by atoms with Gasteiger partial charge in [-0.1, -0.05) is 35.9 Å². The maximum Gasteiger partial charge on any atom is 0.123 e.